The summed E-state index contributed by atoms with van der Waals surface area (Å²) >= 11 is 0. The maximum atomic E-state index is 13.3. The maximum absolute atomic E-state index is 13.3. The molecule has 0 spiro atoms. The van der Waals surface area contributed by atoms with Crippen molar-refractivity contribution in [1.29, 1.82) is 0 Å². The third kappa shape index (κ3) is 6.66. The highest BCUT2D eigenvalue weighted by atomic mass is 19.3. The molecule has 0 bridgehead atoms. The number of halogens is 2. The van der Waals surface area contributed by atoms with Gasteiger partial charge in [-0.3, -0.25) is 0 Å². The summed E-state index contributed by atoms with van der Waals surface area (Å²) in [5, 5.41) is 1.01. The first-order valence-electron chi connectivity index (χ1n) is 10.3. The van der Waals surface area contributed by atoms with Crippen LogP contribution in [0.4, 0.5) is 8.78 Å². The van der Waals surface area contributed by atoms with Gasteiger partial charge in [-0.15, -0.1) is 6.42 Å². The Labute approximate surface area is 178 Å². The van der Waals surface area contributed by atoms with E-state index in [0.29, 0.717) is 19.4 Å². The monoisotopic (exact) mass is 415 g/mol. The molecule has 0 aliphatic rings. The van der Waals surface area contributed by atoms with E-state index in [1.54, 1.807) is 12.1 Å². The number of ether oxygens (including phenoxy) is 2. The lowest BCUT2D eigenvalue weighted by Gasteiger charge is -2.15. The Kier molecular flexibility index (Phi) is 8.11. The lowest BCUT2D eigenvalue weighted by Crippen LogP contribution is -2.19. The van der Waals surface area contributed by atoms with Crippen LogP contribution in [0.25, 0.3) is 10.9 Å². The van der Waals surface area contributed by atoms with Crippen molar-refractivity contribution in [3.8, 4) is 18.1 Å². The van der Waals surface area contributed by atoms with Crippen LogP contribution in [0.15, 0.2) is 47.9 Å². The number of aromatic nitrogens is 1. The molecular formula is C25H31F2NO2. The largest absolute Gasteiger partial charge is 0.494 e. The predicted octanol–water partition coefficient (Wildman–Crippen LogP) is 7.00. The Balaban J connectivity index is 2.25. The molecule has 0 aliphatic carbocycles. The molecule has 0 fully saturated rings. The molecule has 1 aromatic carbocycles. The Hall–Kier alpha value is -2.74. The van der Waals surface area contributed by atoms with E-state index in [9.17, 15) is 8.78 Å². The zero-order valence-electron chi connectivity index (χ0n) is 18.5. The van der Waals surface area contributed by atoms with Crippen molar-refractivity contribution in [2.45, 2.75) is 72.6 Å². The van der Waals surface area contributed by atoms with Crippen LogP contribution in [-0.2, 0) is 11.3 Å². The first kappa shape index (κ1) is 23.5. The molecule has 5 heteroatoms. The van der Waals surface area contributed by atoms with Crippen LogP contribution in [-0.4, -0.2) is 16.8 Å². The summed E-state index contributed by atoms with van der Waals surface area (Å²) < 4.78 is 39.3. The number of alkyl halides is 2. The summed E-state index contributed by atoms with van der Waals surface area (Å²) in [5.74, 6) is 3.60. The van der Waals surface area contributed by atoms with Gasteiger partial charge in [-0.1, -0.05) is 24.5 Å². The van der Waals surface area contributed by atoms with Gasteiger partial charge in [0.2, 0.25) is 0 Å². The van der Waals surface area contributed by atoms with Gasteiger partial charge in [-0.05, 0) is 57.4 Å². The minimum Gasteiger partial charge on any atom is -0.494 e. The Morgan fingerprint density at radius 1 is 1.37 bits per heavy atom. The van der Waals surface area contributed by atoms with Crippen molar-refractivity contribution in [1.82, 2.24) is 4.57 Å². The Bertz CT molecular complexity index is 958. The highest BCUT2D eigenvalue weighted by molar-refractivity contribution is 5.85. The minimum atomic E-state index is -3.22. The predicted molar refractivity (Wildman–Crippen MR) is 119 cm³/mol. The van der Waals surface area contributed by atoms with E-state index in [2.05, 4.69) is 23.5 Å². The lowest BCUT2D eigenvalue weighted by molar-refractivity contribution is -0.158. The van der Waals surface area contributed by atoms with E-state index < -0.39 is 6.11 Å². The second-order valence-corrected chi connectivity index (χ2v) is 7.57. The zero-order valence-corrected chi connectivity index (χ0v) is 18.5. The van der Waals surface area contributed by atoms with E-state index >= 15 is 0 Å². The van der Waals surface area contributed by atoms with Gasteiger partial charge in [0.15, 0.2) is 0 Å². The molecule has 1 atom stereocenters. The van der Waals surface area contributed by atoms with Crippen LogP contribution >= 0.6 is 0 Å². The molecule has 1 unspecified atom stereocenters. The number of benzene rings is 1. The number of hydrogen-bond donors (Lipinski definition) is 0. The molecule has 0 saturated heterocycles. The van der Waals surface area contributed by atoms with Crippen molar-refractivity contribution >= 4 is 10.9 Å². The number of aryl methyl sites for hydroxylation is 1. The van der Waals surface area contributed by atoms with Gasteiger partial charge < -0.3 is 14.0 Å². The molecule has 3 nitrogen and oxygen atoms in total. The topological polar surface area (TPSA) is 23.4 Å². The number of fused-ring (bicyclic) bond motifs is 1. The molecule has 30 heavy (non-hydrogen) atoms. The van der Waals surface area contributed by atoms with Gasteiger partial charge >= 0.3 is 6.11 Å². The van der Waals surface area contributed by atoms with Crippen LogP contribution < -0.4 is 4.74 Å². The second kappa shape index (κ2) is 10.3. The fourth-order valence-electron chi connectivity index (χ4n) is 3.20. The van der Waals surface area contributed by atoms with Crippen LogP contribution in [0.1, 0.15) is 52.5 Å². The minimum absolute atomic E-state index is 0.116. The highest BCUT2D eigenvalue weighted by Gasteiger charge is 2.23. The standard InChI is InChI=1S/C25H31F2NO2/c1-7-10-21(29-19(5)8-2)12-11-20(9-3)17-28-16-18(4)23-14-13-22(15-24(23)28)30-25(6,26)27/h1,9,12-16,19H,8,10-11,17H2,2-6H3/b20-9+,21-12+. The van der Waals surface area contributed by atoms with Crippen LogP contribution in [0.3, 0.4) is 0 Å². The van der Waals surface area contributed by atoms with E-state index in [4.69, 9.17) is 15.9 Å². The summed E-state index contributed by atoms with van der Waals surface area (Å²) in [7, 11) is 0. The van der Waals surface area contributed by atoms with Crippen molar-refractivity contribution in [2.75, 3.05) is 0 Å². The average molecular weight is 416 g/mol. The summed E-state index contributed by atoms with van der Waals surface area (Å²) in [6.45, 7) is 9.46. The van der Waals surface area contributed by atoms with E-state index in [1.165, 1.54) is 5.57 Å². The molecule has 0 saturated carbocycles. The van der Waals surface area contributed by atoms with Crippen molar-refractivity contribution in [3.63, 3.8) is 0 Å². The molecule has 0 N–H and O–H groups in total. The molecule has 2 aromatic rings. The van der Waals surface area contributed by atoms with Gasteiger partial charge in [0.1, 0.15) is 11.5 Å². The molecule has 162 valence electrons. The van der Waals surface area contributed by atoms with Crippen molar-refractivity contribution < 1.29 is 18.3 Å². The average Bonchev–Trinajstić information content (AvgIpc) is 2.98. The quantitative estimate of drug-likeness (QED) is 0.237. The van der Waals surface area contributed by atoms with E-state index in [-0.39, 0.29) is 11.9 Å². The highest BCUT2D eigenvalue weighted by Crippen LogP contribution is 2.29. The summed E-state index contributed by atoms with van der Waals surface area (Å²) in [4.78, 5) is 0. The third-order valence-electron chi connectivity index (χ3n) is 4.93. The van der Waals surface area contributed by atoms with Gasteiger partial charge in [0, 0.05) is 31.1 Å². The Morgan fingerprint density at radius 2 is 2.10 bits per heavy atom. The van der Waals surface area contributed by atoms with Crippen molar-refractivity contribution in [3.05, 3.63) is 53.4 Å². The summed E-state index contributed by atoms with van der Waals surface area (Å²) in [5.41, 5.74) is 3.11. The van der Waals surface area contributed by atoms with Gasteiger partial charge in [0.05, 0.1) is 18.0 Å². The first-order chi connectivity index (χ1) is 14.2. The van der Waals surface area contributed by atoms with Crippen molar-refractivity contribution in [2.24, 2.45) is 0 Å². The van der Waals surface area contributed by atoms with Crippen LogP contribution in [0, 0.1) is 19.3 Å². The van der Waals surface area contributed by atoms with Crippen LogP contribution in [0.5, 0.6) is 5.75 Å². The number of rotatable bonds is 10. The molecule has 0 aliphatic heterocycles. The Morgan fingerprint density at radius 3 is 2.70 bits per heavy atom. The molecular weight excluding hydrogens is 384 g/mol. The van der Waals surface area contributed by atoms with Crippen LogP contribution in [0.2, 0.25) is 0 Å². The molecule has 0 radical (unpaired) electrons. The maximum Gasteiger partial charge on any atom is 0.394 e. The number of allylic oxidation sites excluding steroid dienone is 4. The number of terminal acetylenes is 1. The molecule has 2 rings (SSSR count). The zero-order chi connectivity index (χ0) is 22.3. The SMILES string of the molecule is C#CC/C(=C\C/C(=C\C)Cn1cc(C)c2ccc(OC(C)(F)F)cc21)OC(C)CC. The smallest absolute Gasteiger partial charge is 0.394 e. The fourth-order valence-corrected chi connectivity index (χ4v) is 3.20. The fraction of sp³-hybridized carbons (Fsp3) is 0.440. The van der Waals surface area contributed by atoms with Gasteiger partial charge in [-0.2, -0.15) is 8.78 Å². The summed E-state index contributed by atoms with van der Waals surface area (Å²) in [6.07, 6.45) is 10.6. The van der Waals surface area contributed by atoms with Gasteiger partial charge in [-0.25, -0.2) is 0 Å². The van der Waals surface area contributed by atoms with Gasteiger partial charge in [0.25, 0.3) is 0 Å². The summed E-state index contributed by atoms with van der Waals surface area (Å²) in [6, 6.07) is 5.07. The normalized spacial score (nSPS) is 13.9. The third-order valence-corrected chi connectivity index (χ3v) is 4.93. The molecule has 1 aromatic heterocycles. The number of nitrogens with zero attached hydrogens (tertiary/aromatic N) is 1. The first-order valence-corrected chi connectivity index (χ1v) is 10.3. The molecule has 1 heterocycles. The van der Waals surface area contributed by atoms with E-state index in [1.807, 2.05) is 39.1 Å². The lowest BCUT2D eigenvalue weighted by atomic mass is 10.1. The van der Waals surface area contributed by atoms with E-state index in [0.717, 1.165) is 35.6 Å². The molecule has 0 amide bonds. The number of hydrogen-bond acceptors (Lipinski definition) is 2. The second-order valence-electron chi connectivity index (χ2n) is 7.57.